The van der Waals surface area contributed by atoms with Crippen molar-refractivity contribution in [3.8, 4) is 0 Å². The van der Waals surface area contributed by atoms with Gasteiger partial charge in [-0.15, -0.1) is 0 Å². The minimum Gasteiger partial charge on any atom is -0.453 e. The van der Waals surface area contributed by atoms with E-state index in [0.717, 1.165) is 11.1 Å². The Hall–Kier alpha value is -2.62. The van der Waals surface area contributed by atoms with Gasteiger partial charge in [0.05, 0.1) is 18.0 Å². The molecule has 0 saturated heterocycles. The van der Waals surface area contributed by atoms with Crippen LogP contribution in [-0.2, 0) is 14.9 Å². The van der Waals surface area contributed by atoms with E-state index in [-0.39, 0.29) is 29.8 Å². The Bertz CT molecular complexity index is 818. The van der Waals surface area contributed by atoms with E-state index < -0.39 is 6.10 Å². The Morgan fingerprint density at radius 3 is 2.42 bits per heavy atom. The van der Waals surface area contributed by atoms with E-state index in [2.05, 4.69) is 50.4 Å². The summed E-state index contributed by atoms with van der Waals surface area (Å²) in [6.07, 6.45) is -0.373. The number of esters is 1. The van der Waals surface area contributed by atoms with E-state index in [1.807, 2.05) is 19.1 Å². The third-order valence-corrected chi connectivity index (χ3v) is 4.80. The van der Waals surface area contributed by atoms with E-state index in [1.54, 1.807) is 12.1 Å². The van der Waals surface area contributed by atoms with Crippen LogP contribution in [0.5, 0.6) is 0 Å². The number of fused-ring (bicyclic) bond motifs is 1. The van der Waals surface area contributed by atoms with E-state index in [1.165, 1.54) is 5.56 Å². The molecule has 0 spiro atoms. The van der Waals surface area contributed by atoms with Gasteiger partial charge in [0.1, 0.15) is 6.10 Å². The molecule has 0 bridgehead atoms. The first-order valence-corrected chi connectivity index (χ1v) is 8.95. The Morgan fingerprint density at radius 1 is 1.12 bits per heavy atom. The number of hydrogen-bond acceptors (Lipinski definition) is 3. The first kappa shape index (κ1) is 18.2. The third-order valence-electron chi connectivity index (χ3n) is 4.80. The summed E-state index contributed by atoms with van der Waals surface area (Å²) in [7, 11) is 0. The Morgan fingerprint density at radius 2 is 1.77 bits per heavy atom. The van der Waals surface area contributed by atoms with Crippen molar-refractivity contribution < 1.29 is 14.3 Å². The zero-order valence-electron chi connectivity index (χ0n) is 15.7. The lowest BCUT2D eigenvalue weighted by Gasteiger charge is -2.21. The molecule has 3 rings (SSSR count). The quantitative estimate of drug-likeness (QED) is 0.827. The van der Waals surface area contributed by atoms with Crippen molar-refractivity contribution in [2.24, 2.45) is 0 Å². The number of cyclic esters (lactones) is 1. The van der Waals surface area contributed by atoms with Gasteiger partial charge >= 0.3 is 5.97 Å². The van der Waals surface area contributed by atoms with Crippen LogP contribution in [0.3, 0.4) is 0 Å². The standard InChI is InChI=1S/C22H25NO3/c1-14(15-9-11-16(12-10-15)22(2,3)4)23-20(24)13-19-17-7-5-6-8-18(17)21(25)26-19/h5-12,14,19H,13H2,1-4H3,(H,23,24)/t14-,19-/m1/s1. The Kier molecular flexibility index (Phi) is 4.86. The predicted molar refractivity (Wildman–Crippen MR) is 101 cm³/mol. The highest BCUT2D eigenvalue weighted by Crippen LogP contribution is 2.33. The van der Waals surface area contributed by atoms with E-state index in [4.69, 9.17) is 4.74 Å². The second-order valence-electron chi connectivity index (χ2n) is 7.85. The fourth-order valence-corrected chi connectivity index (χ4v) is 3.20. The smallest absolute Gasteiger partial charge is 0.339 e. The van der Waals surface area contributed by atoms with Crippen LogP contribution in [-0.4, -0.2) is 11.9 Å². The lowest BCUT2D eigenvalue weighted by atomic mass is 9.86. The van der Waals surface area contributed by atoms with Crippen molar-refractivity contribution in [1.29, 1.82) is 0 Å². The maximum absolute atomic E-state index is 12.4. The average Bonchev–Trinajstić information content (AvgIpc) is 2.90. The SMILES string of the molecule is C[C@@H](NC(=O)C[C@H]1OC(=O)c2ccccc21)c1ccc(C(C)(C)C)cc1. The third kappa shape index (κ3) is 3.79. The largest absolute Gasteiger partial charge is 0.453 e. The molecule has 1 aliphatic rings. The van der Waals surface area contributed by atoms with E-state index in [9.17, 15) is 9.59 Å². The van der Waals surface area contributed by atoms with Gasteiger partial charge in [-0.25, -0.2) is 4.79 Å². The molecule has 0 radical (unpaired) electrons. The van der Waals surface area contributed by atoms with Crippen molar-refractivity contribution in [3.05, 3.63) is 70.8 Å². The molecule has 2 aromatic carbocycles. The van der Waals surface area contributed by atoms with Gasteiger partial charge in [0.2, 0.25) is 5.91 Å². The van der Waals surface area contributed by atoms with Crippen LogP contribution in [0.15, 0.2) is 48.5 Å². The van der Waals surface area contributed by atoms with Crippen LogP contribution in [0.25, 0.3) is 0 Å². The van der Waals surface area contributed by atoms with Crippen molar-refractivity contribution in [3.63, 3.8) is 0 Å². The zero-order valence-corrected chi connectivity index (χ0v) is 15.7. The van der Waals surface area contributed by atoms with Crippen LogP contribution < -0.4 is 5.32 Å². The van der Waals surface area contributed by atoms with Crippen molar-refractivity contribution in [1.82, 2.24) is 5.32 Å². The maximum Gasteiger partial charge on any atom is 0.339 e. The number of hydrogen-bond donors (Lipinski definition) is 1. The van der Waals surface area contributed by atoms with Gasteiger partial charge in [0.15, 0.2) is 0 Å². The molecule has 1 heterocycles. The maximum atomic E-state index is 12.4. The summed E-state index contributed by atoms with van der Waals surface area (Å²) in [5.74, 6) is -0.490. The number of benzene rings is 2. The minimum absolute atomic E-state index is 0.102. The van der Waals surface area contributed by atoms with Gasteiger partial charge in [-0.2, -0.15) is 0 Å². The van der Waals surface area contributed by atoms with Gasteiger partial charge in [-0.1, -0.05) is 63.2 Å². The normalized spacial score (nSPS) is 17.4. The summed E-state index contributed by atoms with van der Waals surface area (Å²) in [6, 6.07) is 15.4. The zero-order chi connectivity index (χ0) is 18.9. The van der Waals surface area contributed by atoms with Crippen LogP contribution in [0, 0.1) is 0 Å². The second kappa shape index (κ2) is 6.94. The van der Waals surface area contributed by atoms with E-state index in [0.29, 0.717) is 5.56 Å². The van der Waals surface area contributed by atoms with Crippen LogP contribution >= 0.6 is 0 Å². The molecule has 0 aliphatic carbocycles. The molecule has 26 heavy (non-hydrogen) atoms. The number of rotatable bonds is 4. The summed E-state index contributed by atoms with van der Waals surface area (Å²) in [5, 5.41) is 3.00. The van der Waals surface area contributed by atoms with Crippen molar-refractivity contribution in [2.75, 3.05) is 0 Å². The minimum atomic E-state index is -0.505. The lowest BCUT2D eigenvalue weighted by Crippen LogP contribution is -2.28. The fraction of sp³-hybridized carbons (Fsp3) is 0.364. The van der Waals surface area contributed by atoms with Gasteiger partial charge in [0.25, 0.3) is 0 Å². The van der Waals surface area contributed by atoms with Crippen LogP contribution in [0.2, 0.25) is 0 Å². The van der Waals surface area contributed by atoms with E-state index >= 15 is 0 Å². The monoisotopic (exact) mass is 351 g/mol. The highest BCUT2D eigenvalue weighted by molar-refractivity contribution is 5.94. The summed E-state index contributed by atoms with van der Waals surface area (Å²) in [5.41, 5.74) is 3.75. The summed E-state index contributed by atoms with van der Waals surface area (Å²) >= 11 is 0. The van der Waals surface area contributed by atoms with Gasteiger partial charge in [-0.05, 0) is 29.5 Å². The Labute approximate surface area is 154 Å². The molecule has 4 nitrogen and oxygen atoms in total. The average molecular weight is 351 g/mol. The number of carbonyl (C=O) groups excluding carboxylic acids is 2. The summed E-state index contributed by atoms with van der Waals surface area (Å²) in [4.78, 5) is 24.3. The molecule has 0 fully saturated rings. The first-order valence-electron chi connectivity index (χ1n) is 8.95. The number of amides is 1. The number of nitrogens with one attached hydrogen (secondary N) is 1. The molecule has 0 aromatic heterocycles. The molecule has 136 valence electrons. The molecular formula is C22H25NO3. The molecule has 2 aromatic rings. The number of carbonyl (C=O) groups is 2. The lowest BCUT2D eigenvalue weighted by molar-refractivity contribution is -0.123. The van der Waals surface area contributed by atoms with Crippen molar-refractivity contribution >= 4 is 11.9 Å². The molecule has 1 N–H and O–H groups in total. The molecule has 1 amide bonds. The molecule has 1 aliphatic heterocycles. The molecule has 4 heteroatoms. The van der Waals surface area contributed by atoms with Gasteiger partial charge in [0, 0.05) is 5.56 Å². The second-order valence-corrected chi connectivity index (χ2v) is 7.85. The molecule has 2 atom stereocenters. The first-order chi connectivity index (χ1) is 12.3. The Balaban J connectivity index is 1.63. The number of ether oxygens (including phenoxy) is 1. The molecular weight excluding hydrogens is 326 g/mol. The van der Waals surface area contributed by atoms with Crippen molar-refractivity contribution in [2.45, 2.75) is 51.7 Å². The highest BCUT2D eigenvalue weighted by atomic mass is 16.5. The summed E-state index contributed by atoms with van der Waals surface area (Å²) < 4.78 is 5.34. The summed E-state index contributed by atoms with van der Waals surface area (Å²) in [6.45, 7) is 8.48. The molecule has 0 unspecified atom stereocenters. The fourth-order valence-electron chi connectivity index (χ4n) is 3.20. The highest BCUT2D eigenvalue weighted by Gasteiger charge is 2.32. The van der Waals surface area contributed by atoms with Crippen LogP contribution in [0.4, 0.5) is 0 Å². The molecule has 0 saturated carbocycles. The van der Waals surface area contributed by atoms with Crippen LogP contribution in [0.1, 0.15) is 73.3 Å². The van der Waals surface area contributed by atoms with Gasteiger partial charge < -0.3 is 10.1 Å². The van der Waals surface area contributed by atoms with Gasteiger partial charge in [-0.3, -0.25) is 4.79 Å². The predicted octanol–water partition coefficient (Wildman–Crippen LogP) is 4.46. The topological polar surface area (TPSA) is 55.4 Å².